The quantitative estimate of drug-likeness (QED) is 0.609. The highest BCUT2D eigenvalue weighted by Gasteiger charge is 2.41. The number of hydrogen-bond acceptors (Lipinski definition) is 6. The molecule has 2 amide bonds. The van der Waals surface area contributed by atoms with Crippen molar-refractivity contribution in [1.82, 2.24) is 15.1 Å². The first-order chi connectivity index (χ1) is 10.2. The van der Waals surface area contributed by atoms with Crippen molar-refractivity contribution in [2.24, 2.45) is 0 Å². The Bertz CT molecular complexity index is 582. The van der Waals surface area contributed by atoms with E-state index in [2.05, 4.69) is 10.2 Å². The van der Waals surface area contributed by atoms with Crippen LogP contribution in [0.15, 0.2) is 0 Å². The molecule has 1 atom stereocenters. The second-order valence-electron chi connectivity index (χ2n) is 4.33. The number of nitrogens with zero attached hydrogens (tertiary/aromatic N) is 4. The van der Waals surface area contributed by atoms with E-state index in [1.807, 2.05) is 0 Å². The van der Waals surface area contributed by atoms with Gasteiger partial charge in [-0.15, -0.1) is 21.8 Å². The molecule has 12 heteroatoms. The predicted octanol–water partition coefficient (Wildman–Crippen LogP) is 1.93. The number of aromatic nitrogens is 2. The maximum Gasteiger partial charge on any atom is 0.445 e. The van der Waals surface area contributed by atoms with Crippen LogP contribution in [0.5, 0.6) is 0 Å². The van der Waals surface area contributed by atoms with Gasteiger partial charge >= 0.3 is 18.2 Å². The van der Waals surface area contributed by atoms with Gasteiger partial charge in [-0.3, -0.25) is 4.79 Å². The average molecular weight is 359 g/mol. The molecule has 0 saturated carbocycles. The van der Waals surface area contributed by atoms with Gasteiger partial charge in [0, 0.05) is 20.0 Å². The molecule has 0 radical (unpaired) electrons. The summed E-state index contributed by atoms with van der Waals surface area (Å²) < 4.78 is 42.8. The normalized spacial score (nSPS) is 19.5. The lowest BCUT2D eigenvalue weighted by molar-refractivity contribution is -0.146. The number of esters is 1. The second-order valence-corrected chi connectivity index (χ2v) is 5.55. The Kier molecular flexibility index (Phi) is 4.75. The largest absolute Gasteiger partial charge is 0.445 e. The number of amides is 2. The van der Waals surface area contributed by atoms with Gasteiger partial charge in [-0.2, -0.15) is 13.2 Å². The van der Waals surface area contributed by atoms with Crippen molar-refractivity contribution in [2.75, 3.05) is 24.4 Å². The summed E-state index contributed by atoms with van der Waals surface area (Å²) >= 11 is 5.53. The summed E-state index contributed by atoms with van der Waals surface area (Å²) in [6, 6.07) is -0.636. The van der Waals surface area contributed by atoms with E-state index in [1.54, 1.807) is 0 Å². The summed E-state index contributed by atoms with van der Waals surface area (Å²) in [5, 5.41) is 4.91. The number of urea groups is 1. The van der Waals surface area contributed by atoms with Crippen molar-refractivity contribution >= 4 is 40.1 Å². The van der Waals surface area contributed by atoms with Crippen molar-refractivity contribution in [2.45, 2.75) is 18.8 Å². The molecule has 1 unspecified atom stereocenters. The highest BCUT2D eigenvalue weighted by Crippen LogP contribution is 2.36. The molecular weight excluding hydrogens is 349 g/mol. The zero-order chi connectivity index (χ0) is 16.5. The Morgan fingerprint density at radius 1 is 1.50 bits per heavy atom. The highest BCUT2D eigenvalue weighted by atomic mass is 35.5. The number of carbonyl (C=O) groups is 2. The van der Waals surface area contributed by atoms with Gasteiger partial charge in [-0.25, -0.2) is 9.69 Å². The smallest absolute Gasteiger partial charge is 0.440 e. The molecule has 122 valence electrons. The minimum atomic E-state index is -4.66. The van der Waals surface area contributed by atoms with E-state index in [4.69, 9.17) is 16.3 Å². The minimum Gasteiger partial charge on any atom is -0.440 e. The predicted molar refractivity (Wildman–Crippen MR) is 70.6 cm³/mol. The number of hydrogen-bond donors (Lipinski definition) is 0. The molecule has 1 aromatic heterocycles. The van der Waals surface area contributed by atoms with Gasteiger partial charge in [0.15, 0.2) is 6.23 Å². The summed E-state index contributed by atoms with van der Waals surface area (Å²) in [5.74, 6) is -1.22. The second kappa shape index (κ2) is 6.24. The van der Waals surface area contributed by atoms with Crippen LogP contribution < -0.4 is 4.90 Å². The van der Waals surface area contributed by atoms with Crippen LogP contribution in [-0.4, -0.2) is 52.8 Å². The monoisotopic (exact) mass is 358 g/mol. The number of halogens is 4. The molecule has 1 aliphatic rings. The van der Waals surface area contributed by atoms with Crippen molar-refractivity contribution in [3.63, 3.8) is 0 Å². The summed E-state index contributed by atoms with van der Waals surface area (Å²) in [7, 11) is 1.47. The fourth-order valence-electron chi connectivity index (χ4n) is 1.76. The van der Waals surface area contributed by atoms with Crippen molar-refractivity contribution in [3.8, 4) is 0 Å². The summed E-state index contributed by atoms with van der Waals surface area (Å²) in [6.45, 7) is 0.278. The summed E-state index contributed by atoms with van der Waals surface area (Å²) in [6.07, 6.45) is -5.52. The third-order valence-electron chi connectivity index (χ3n) is 2.77. The van der Waals surface area contributed by atoms with E-state index in [1.165, 1.54) is 11.9 Å². The molecular formula is C10H10ClF3N4O3S. The molecule has 1 saturated heterocycles. The van der Waals surface area contributed by atoms with E-state index in [9.17, 15) is 22.8 Å². The maximum atomic E-state index is 12.6. The van der Waals surface area contributed by atoms with Crippen LogP contribution in [0, 0.1) is 0 Å². The van der Waals surface area contributed by atoms with Crippen LogP contribution in [0.1, 0.15) is 11.4 Å². The minimum absolute atomic E-state index is 0.197. The molecule has 0 bridgehead atoms. The first kappa shape index (κ1) is 16.7. The topological polar surface area (TPSA) is 75.6 Å². The number of ether oxygens (including phenoxy) is 1. The van der Waals surface area contributed by atoms with E-state index in [-0.39, 0.29) is 29.4 Å². The maximum absolute atomic E-state index is 12.6. The summed E-state index contributed by atoms with van der Waals surface area (Å²) in [4.78, 5) is 25.6. The molecule has 2 heterocycles. The average Bonchev–Trinajstić information content (AvgIpc) is 2.92. The molecule has 0 aromatic carbocycles. The molecule has 1 fully saturated rings. The molecule has 1 aliphatic heterocycles. The van der Waals surface area contributed by atoms with Crippen LogP contribution in [0.25, 0.3) is 0 Å². The molecule has 0 spiro atoms. The lowest BCUT2D eigenvalue weighted by Gasteiger charge is -2.37. The molecule has 22 heavy (non-hydrogen) atoms. The van der Waals surface area contributed by atoms with Crippen molar-refractivity contribution in [1.29, 1.82) is 0 Å². The summed E-state index contributed by atoms with van der Waals surface area (Å²) in [5.41, 5.74) is 0. The fourth-order valence-corrected chi connectivity index (χ4v) is 2.57. The molecule has 7 nitrogen and oxygen atoms in total. The lowest BCUT2D eigenvalue weighted by atomic mass is 10.3. The third-order valence-corrected chi connectivity index (χ3v) is 3.96. The number of anilines is 1. The van der Waals surface area contributed by atoms with E-state index in [0.717, 1.165) is 4.90 Å². The Labute approximate surface area is 131 Å². The van der Waals surface area contributed by atoms with Crippen LogP contribution in [-0.2, 0) is 15.7 Å². The number of alkyl halides is 4. The Morgan fingerprint density at radius 2 is 2.18 bits per heavy atom. The lowest BCUT2D eigenvalue weighted by Crippen LogP contribution is -2.54. The zero-order valence-electron chi connectivity index (χ0n) is 11.1. The van der Waals surface area contributed by atoms with Crippen LogP contribution in [0.3, 0.4) is 0 Å². The Morgan fingerprint density at radius 3 is 2.73 bits per heavy atom. The Hall–Kier alpha value is -1.62. The van der Waals surface area contributed by atoms with Crippen LogP contribution in [0.2, 0.25) is 0 Å². The van der Waals surface area contributed by atoms with Gasteiger partial charge in [0.2, 0.25) is 10.1 Å². The molecule has 2 rings (SSSR count). The van der Waals surface area contributed by atoms with Gasteiger partial charge in [0.25, 0.3) is 0 Å². The molecule has 0 aliphatic carbocycles. The van der Waals surface area contributed by atoms with Gasteiger partial charge in [0.1, 0.15) is 5.88 Å². The van der Waals surface area contributed by atoms with E-state index >= 15 is 0 Å². The van der Waals surface area contributed by atoms with Gasteiger partial charge in [0.05, 0.1) is 0 Å². The van der Waals surface area contributed by atoms with E-state index < -0.39 is 35.3 Å². The first-order valence-electron chi connectivity index (χ1n) is 5.94. The van der Waals surface area contributed by atoms with Gasteiger partial charge in [-0.05, 0) is 0 Å². The van der Waals surface area contributed by atoms with Crippen LogP contribution >= 0.6 is 22.9 Å². The zero-order valence-corrected chi connectivity index (χ0v) is 12.7. The third kappa shape index (κ3) is 3.40. The van der Waals surface area contributed by atoms with Gasteiger partial charge < -0.3 is 9.64 Å². The SMILES string of the molecule is CN1CCC(OC(=O)CCl)N(c2nnc(C(F)(F)F)s2)C1=O. The Balaban J connectivity index is 2.30. The molecule has 0 N–H and O–H groups in total. The number of rotatable bonds is 3. The van der Waals surface area contributed by atoms with Crippen LogP contribution in [0.4, 0.5) is 23.1 Å². The molecule has 1 aromatic rings. The van der Waals surface area contributed by atoms with Crippen molar-refractivity contribution < 1.29 is 27.5 Å². The van der Waals surface area contributed by atoms with Crippen molar-refractivity contribution in [3.05, 3.63) is 5.01 Å². The first-order valence-corrected chi connectivity index (χ1v) is 7.29. The standard InChI is InChI=1S/C10H10ClF3N4O3S/c1-17-3-2-5(21-6(19)4-11)18(9(17)20)8-16-15-7(22-8)10(12,13)14/h5H,2-4H2,1H3. The highest BCUT2D eigenvalue weighted by molar-refractivity contribution is 7.15. The fraction of sp³-hybridized carbons (Fsp3) is 0.600. The number of carbonyl (C=O) groups excluding carboxylic acids is 2. The van der Waals surface area contributed by atoms with Gasteiger partial charge in [-0.1, -0.05) is 11.3 Å². The van der Waals surface area contributed by atoms with E-state index in [0.29, 0.717) is 0 Å².